The number of hydrogen-bond acceptors (Lipinski definition) is 2. The number of amides is 1. The van der Waals surface area contributed by atoms with Crippen LogP contribution in [0.4, 0.5) is 0 Å². The molecule has 4 aromatic rings. The lowest BCUT2D eigenvalue weighted by atomic mass is 10.1. The van der Waals surface area contributed by atoms with Crippen molar-refractivity contribution < 1.29 is 4.79 Å². The van der Waals surface area contributed by atoms with Crippen LogP contribution >= 0.6 is 0 Å². The summed E-state index contributed by atoms with van der Waals surface area (Å²) in [6.07, 6.45) is 7.82. The minimum atomic E-state index is -0.243. The third kappa shape index (κ3) is 3.64. The Morgan fingerprint density at radius 2 is 1.39 bits per heavy atom. The number of aromatic nitrogens is 2. The molecule has 1 N–H and O–H groups in total. The van der Waals surface area contributed by atoms with Gasteiger partial charge >= 0.3 is 0 Å². The number of hydrazone groups is 1. The van der Waals surface area contributed by atoms with Gasteiger partial charge in [-0.25, -0.2) is 5.43 Å². The minimum absolute atomic E-state index is 0.243. The summed E-state index contributed by atoms with van der Waals surface area (Å²) in [6.45, 7) is 1.88. The average Bonchev–Trinajstić information content (AvgIpc) is 3.46. The molecule has 0 aliphatic heterocycles. The predicted molar refractivity (Wildman–Crippen MR) is 111 cm³/mol. The second-order valence-corrected chi connectivity index (χ2v) is 6.38. The lowest BCUT2D eigenvalue weighted by Gasteiger charge is -2.10. The van der Waals surface area contributed by atoms with Crippen molar-refractivity contribution in [2.45, 2.75) is 6.92 Å². The monoisotopic (exact) mass is 368 g/mol. The summed E-state index contributed by atoms with van der Waals surface area (Å²) >= 11 is 0. The van der Waals surface area contributed by atoms with E-state index in [1.54, 1.807) is 6.07 Å². The zero-order valence-corrected chi connectivity index (χ0v) is 15.5. The molecule has 0 bridgehead atoms. The molecule has 1 amide bonds. The normalized spacial score (nSPS) is 11.4. The molecule has 0 saturated heterocycles. The van der Waals surface area contributed by atoms with Crippen LogP contribution in [0, 0.1) is 0 Å². The summed E-state index contributed by atoms with van der Waals surface area (Å²) in [7, 11) is 0. The number of nitrogens with one attached hydrogen (secondary N) is 1. The van der Waals surface area contributed by atoms with Crippen molar-refractivity contribution in [2.24, 2.45) is 5.10 Å². The van der Waals surface area contributed by atoms with Gasteiger partial charge in [0.15, 0.2) is 0 Å². The molecule has 4 rings (SSSR count). The van der Waals surface area contributed by atoms with Gasteiger partial charge in [0.1, 0.15) is 0 Å². The van der Waals surface area contributed by atoms with E-state index in [-0.39, 0.29) is 5.91 Å². The Morgan fingerprint density at radius 1 is 0.786 bits per heavy atom. The van der Waals surface area contributed by atoms with E-state index in [9.17, 15) is 4.79 Å². The molecule has 5 nitrogen and oxygen atoms in total. The van der Waals surface area contributed by atoms with Crippen molar-refractivity contribution in [3.63, 3.8) is 0 Å². The molecule has 0 atom stereocenters. The first-order valence-electron chi connectivity index (χ1n) is 9.03. The van der Waals surface area contributed by atoms with E-state index in [1.807, 2.05) is 108 Å². The number of para-hydroxylation sites is 1. The van der Waals surface area contributed by atoms with Gasteiger partial charge in [0.2, 0.25) is 0 Å². The van der Waals surface area contributed by atoms with Crippen LogP contribution < -0.4 is 5.43 Å². The SMILES string of the molecule is C/C(=N\NC(=O)c1ccccc1-n1cccc1)c1ccc(-n2cccc2)cc1. The van der Waals surface area contributed by atoms with E-state index in [4.69, 9.17) is 0 Å². The van der Waals surface area contributed by atoms with Crippen LogP contribution in [0.1, 0.15) is 22.8 Å². The lowest BCUT2D eigenvalue weighted by molar-refractivity contribution is 0.0955. The smallest absolute Gasteiger partial charge is 0.273 e. The van der Waals surface area contributed by atoms with Crippen molar-refractivity contribution >= 4 is 11.6 Å². The molecule has 2 heterocycles. The van der Waals surface area contributed by atoms with Crippen LogP contribution in [0.2, 0.25) is 0 Å². The maximum Gasteiger partial charge on any atom is 0.273 e. The summed E-state index contributed by atoms with van der Waals surface area (Å²) < 4.78 is 3.95. The Hall–Kier alpha value is -3.86. The molecule has 0 saturated carbocycles. The number of carbonyl (C=O) groups is 1. The largest absolute Gasteiger partial charge is 0.324 e. The predicted octanol–water partition coefficient (Wildman–Crippen LogP) is 4.42. The first kappa shape index (κ1) is 17.5. The Kier molecular flexibility index (Phi) is 4.89. The number of nitrogens with zero attached hydrogens (tertiary/aromatic N) is 3. The molecule has 5 heteroatoms. The minimum Gasteiger partial charge on any atom is -0.324 e. The van der Waals surface area contributed by atoms with Crippen LogP contribution in [0.5, 0.6) is 0 Å². The summed E-state index contributed by atoms with van der Waals surface area (Å²) in [5.74, 6) is -0.243. The Labute approximate surface area is 163 Å². The van der Waals surface area contributed by atoms with Crippen LogP contribution in [0.25, 0.3) is 11.4 Å². The summed E-state index contributed by atoms with van der Waals surface area (Å²) in [5.41, 5.74) is 6.82. The van der Waals surface area contributed by atoms with Gasteiger partial charge in [0.05, 0.1) is 17.0 Å². The van der Waals surface area contributed by atoms with E-state index >= 15 is 0 Å². The average molecular weight is 368 g/mol. The fraction of sp³-hybridized carbons (Fsp3) is 0.0435. The third-order valence-corrected chi connectivity index (χ3v) is 4.54. The fourth-order valence-electron chi connectivity index (χ4n) is 3.03. The van der Waals surface area contributed by atoms with Gasteiger partial charge in [-0.15, -0.1) is 0 Å². The second-order valence-electron chi connectivity index (χ2n) is 6.38. The van der Waals surface area contributed by atoms with E-state index < -0.39 is 0 Å². The number of carbonyl (C=O) groups excluding carboxylic acids is 1. The first-order valence-corrected chi connectivity index (χ1v) is 9.03. The molecular weight excluding hydrogens is 348 g/mol. The number of rotatable bonds is 5. The Morgan fingerprint density at radius 3 is 2.07 bits per heavy atom. The maximum absolute atomic E-state index is 12.7. The standard InChI is InChI=1S/C23H20N4O/c1-18(19-10-12-20(13-11-19)26-14-4-5-15-26)24-25-23(28)21-8-2-3-9-22(21)27-16-6-7-17-27/h2-17H,1H3,(H,25,28)/b24-18+. The van der Waals surface area contributed by atoms with Crippen LogP contribution in [-0.4, -0.2) is 20.8 Å². The molecule has 0 spiro atoms. The topological polar surface area (TPSA) is 51.3 Å². The Balaban J connectivity index is 1.51. The van der Waals surface area contributed by atoms with Gasteiger partial charge in [-0.05, 0) is 61.0 Å². The molecule has 138 valence electrons. The third-order valence-electron chi connectivity index (χ3n) is 4.54. The van der Waals surface area contributed by atoms with E-state index in [0.717, 1.165) is 22.6 Å². The molecule has 0 fully saturated rings. The zero-order chi connectivity index (χ0) is 19.3. The molecule has 0 unspecified atom stereocenters. The van der Waals surface area contributed by atoms with E-state index in [1.165, 1.54) is 0 Å². The van der Waals surface area contributed by atoms with Gasteiger partial charge < -0.3 is 9.13 Å². The number of hydrogen-bond donors (Lipinski definition) is 1. The second kappa shape index (κ2) is 7.80. The molecule has 0 radical (unpaired) electrons. The zero-order valence-electron chi connectivity index (χ0n) is 15.5. The first-order chi connectivity index (χ1) is 13.7. The van der Waals surface area contributed by atoms with E-state index in [2.05, 4.69) is 10.5 Å². The molecule has 2 aromatic carbocycles. The molecule has 2 aromatic heterocycles. The van der Waals surface area contributed by atoms with Gasteiger partial charge in [0.25, 0.3) is 5.91 Å². The summed E-state index contributed by atoms with van der Waals surface area (Å²) in [5, 5.41) is 4.29. The highest BCUT2D eigenvalue weighted by Crippen LogP contribution is 2.15. The highest BCUT2D eigenvalue weighted by Gasteiger charge is 2.11. The number of benzene rings is 2. The van der Waals surface area contributed by atoms with Crippen LogP contribution in [-0.2, 0) is 0 Å². The van der Waals surface area contributed by atoms with Crippen LogP contribution in [0.3, 0.4) is 0 Å². The van der Waals surface area contributed by atoms with E-state index in [0.29, 0.717) is 5.56 Å². The Bertz CT molecular complexity index is 1090. The van der Waals surface area contributed by atoms with Gasteiger partial charge in [-0.2, -0.15) is 5.10 Å². The van der Waals surface area contributed by atoms with Crippen molar-refractivity contribution in [1.82, 2.24) is 14.6 Å². The summed E-state index contributed by atoms with van der Waals surface area (Å²) in [6, 6.07) is 23.3. The van der Waals surface area contributed by atoms with Crippen molar-refractivity contribution in [3.8, 4) is 11.4 Å². The highest BCUT2D eigenvalue weighted by atomic mass is 16.2. The van der Waals surface area contributed by atoms with Crippen LogP contribution in [0.15, 0.2) is 103 Å². The lowest BCUT2D eigenvalue weighted by Crippen LogP contribution is -2.21. The van der Waals surface area contributed by atoms with Gasteiger partial charge in [-0.1, -0.05) is 24.3 Å². The fourth-order valence-corrected chi connectivity index (χ4v) is 3.03. The molecule has 28 heavy (non-hydrogen) atoms. The summed E-state index contributed by atoms with van der Waals surface area (Å²) in [4.78, 5) is 12.7. The molecular formula is C23H20N4O. The van der Waals surface area contributed by atoms with Crippen molar-refractivity contribution in [2.75, 3.05) is 0 Å². The quantitative estimate of drug-likeness (QED) is 0.411. The van der Waals surface area contributed by atoms with Crippen molar-refractivity contribution in [3.05, 3.63) is 109 Å². The maximum atomic E-state index is 12.7. The van der Waals surface area contributed by atoms with Gasteiger partial charge in [-0.3, -0.25) is 4.79 Å². The highest BCUT2D eigenvalue weighted by molar-refractivity contribution is 6.02. The van der Waals surface area contributed by atoms with Gasteiger partial charge in [0, 0.05) is 30.5 Å². The van der Waals surface area contributed by atoms with Crippen molar-refractivity contribution in [1.29, 1.82) is 0 Å². The molecule has 0 aliphatic carbocycles. The molecule has 0 aliphatic rings.